The molecule has 7 N–H and O–H groups in total. The molecule has 0 spiro atoms. The van der Waals surface area contributed by atoms with Gasteiger partial charge in [-0.2, -0.15) is 0 Å². The van der Waals surface area contributed by atoms with Gasteiger partial charge in [-0.3, -0.25) is 0 Å². The number of carbonyl (C=O) groups excluding carboxylic acids is 1. The van der Waals surface area contributed by atoms with Crippen molar-refractivity contribution in [2.24, 2.45) is 0 Å². The summed E-state index contributed by atoms with van der Waals surface area (Å²) in [5, 5.41) is 68.0. The van der Waals surface area contributed by atoms with E-state index in [-0.39, 0.29) is 24.5 Å². The number of aromatic hydroxyl groups is 2. The molecule has 1 aromatic carbocycles. The summed E-state index contributed by atoms with van der Waals surface area (Å²) in [5.74, 6) is 7.85. The van der Waals surface area contributed by atoms with Crippen LogP contribution in [0, 0.1) is 23.7 Å². The van der Waals surface area contributed by atoms with Crippen LogP contribution in [0.3, 0.4) is 0 Å². The number of ether oxygens (including phenoxy) is 3. The molecular formula is C25H28O11. The molecule has 0 bridgehead atoms. The number of phenolic OH excluding ortho intramolecular Hbond substituents is 2. The Morgan fingerprint density at radius 2 is 1.86 bits per heavy atom. The fraction of sp³-hybridized carbons (Fsp3) is 0.400. The van der Waals surface area contributed by atoms with Crippen molar-refractivity contribution in [1.29, 1.82) is 0 Å². The van der Waals surface area contributed by atoms with E-state index in [0.29, 0.717) is 5.56 Å². The first-order chi connectivity index (χ1) is 17.2. The average Bonchev–Trinajstić information content (AvgIpc) is 2.86. The number of aliphatic hydroxyl groups is 5. The Morgan fingerprint density at radius 1 is 1.14 bits per heavy atom. The molecule has 11 nitrogen and oxygen atoms in total. The van der Waals surface area contributed by atoms with Crippen LogP contribution in [-0.4, -0.2) is 97.8 Å². The molecule has 1 aromatic rings. The highest BCUT2D eigenvalue weighted by Crippen LogP contribution is 2.26. The SMILES string of the molecule is C=C[C@H](O)C#CC#C[C@@H](O)CCO[C@@H]1O[C@H](CO)[C@@H](O)[C@H](O)[C@H]1OC(=O)/C=C/c1ccc(O)c(O)c1. The summed E-state index contributed by atoms with van der Waals surface area (Å²) in [6.07, 6.45) is -6.05. The molecule has 11 heteroatoms. The van der Waals surface area contributed by atoms with Gasteiger partial charge in [0.1, 0.15) is 30.5 Å². The highest BCUT2D eigenvalue weighted by molar-refractivity contribution is 5.87. The molecule has 36 heavy (non-hydrogen) atoms. The van der Waals surface area contributed by atoms with Crippen molar-refractivity contribution >= 4 is 12.0 Å². The minimum Gasteiger partial charge on any atom is -0.504 e. The molecule has 0 radical (unpaired) electrons. The molecule has 1 aliphatic rings. The fourth-order valence-corrected chi connectivity index (χ4v) is 2.95. The van der Waals surface area contributed by atoms with Crippen molar-refractivity contribution < 1.29 is 54.8 Å². The van der Waals surface area contributed by atoms with Crippen LogP contribution in [0.2, 0.25) is 0 Å². The first-order valence-electron chi connectivity index (χ1n) is 10.8. The molecule has 2 rings (SSSR count). The van der Waals surface area contributed by atoms with Gasteiger partial charge in [-0.15, -0.1) is 0 Å². The van der Waals surface area contributed by atoms with Gasteiger partial charge >= 0.3 is 5.97 Å². The number of esters is 1. The third-order valence-electron chi connectivity index (χ3n) is 4.91. The molecule has 0 saturated carbocycles. The van der Waals surface area contributed by atoms with Crippen molar-refractivity contribution in [2.45, 2.75) is 49.3 Å². The Morgan fingerprint density at radius 3 is 2.53 bits per heavy atom. The number of carbonyl (C=O) groups is 1. The molecule has 0 amide bonds. The summed E-state index contributed by atoms with van der Waals surface area (Å²) in [6, 6.07) is 3.87. The number of aliphatic hydroxyl groups excluding tert-OH is 5. The average molecular weight is 504 g/mol. The van der Waals surface area contributed by atoms with Crippen molar-refractivity contribution in [3.05, 3.63) is 42.5 Å². The molecule has 0 aliphatic carbocycles. The second kappa shape index (κ2) is 14.2. The van der Waals surface area contributed by atoms with Crippen molar-refractivity contribution in [1.82, 2.24) is 0 Å². The number of hydrogen-bond acceptors (Lipinski definition) is 11. The van der Waals surface area contributed by atoms with Gasteiger partial charge in [0.25, 0.3) is 0 Å². The molecule has 1 saturated heterocycles. The smallest absolute Gasteiger partial charge is 0.331 e. The van der Waals surface area contributed by atoms with Gasteiger partial charge < -0.3 is 50.0 Å². The van der Waals surface area contributed by atoms with E-state index in [1.165, 1.54) is 30.4 Å². The van der Waals surface area contributed by atoms with Crippen LogP contribution in [-0.2, 0) is 19.0 Å². The van der Waals surface area contributed by atoms with E-state index in [1.807, 2.05) is 0 Å². The lowest BCUT2D eigenvalue weighted by molar-refractivity contribution is -0.303. The maximum absolute atomic E-state index is 12.3. The Kier molecular flexibility index (Phi) is 11.4. The zero-order chi connectivity index (χ0) is 26.7. The van der Waals surface area contributed by atoms with Crippen LogP contribution >= 0.6 is 0 Å². The van der Waals surface area contributed by atoms with Crippen LogP contribution in [0.15, 0.2) is 36.9 Å². The largest absolute Gasteiger partial charge is 0.504 e. The standard InChI is InChI=1S/C25H28O11/c1-2-16(27)5-3-4-6-17(28)11-12-34-25-24(23(33)22(32)20(14-26)35-25)36-21(31)10-8-15-7-9-18(29)19(30)13-15/h2,7-10,13,16-17,20,22-30,32-33H,1,11-12,14H2/b10-8+/t16-,17+,20+,22+,23-,24+,25+/m0/s1. The van der Waals surface area contributed by atoms with Gasteiger partial charge in [-0.05, 0) is 35.6 Å². The third kappa shape index (κ3) is 8.68. The van der Waals surface area contributed by atoms with Gasteiger partial charge in [-0.1, -0.05) is 30.6 Å². The molecule has 0 aromatic heterocycles. The lowest BCUT2D eigenvalue weighted by Crippen LogP contribution is -2.60. The fourth-order valence-electron chi connectivity index (χ4n) is 2.95. The summed E-state index contributed by atoms with van der Waals surface area (Å²) >= 11 is 0. The van der Waals surface area contributed by atoms with E-state index in [2.05, 4.69) is 30.3 Å². The first kappa shape index (κ1) is 28.8. The Balaban J connectivity index is 2.01. The predicted octanol–water partition coefficient (Wildman–Crippen LogP) is -1.22. The second-order valence-corrected chi connectivity index (χ2v) is 7.58. The van der Waals surface area contributed by atoms with E-state index in [9.17, 15) is 40.5 Å². The molecule has 1 fully saturated rings. The number of phenols is 2. The van der Waals surface area contributed by atoms with Crippen molar-refractivity contribution in [2.75, 3.05) is 13.2 Å². The number of hydrogen-bond donors (Lipinski definition) is 7. The Bertz CT molecular complexity index is 1050. The van der Waals surface area contributed by atoms with E-state index in [1.54, 1.807) is 0 Å². The monoisotopic (exact) mass is 504 g/mol. The third-order valence-corrected chi connectivity index (χ3v) is 4.91. The van der Waals surface area contributed by atoms with E-state index < -0.39 is 55.5 Å². The van der Waals surface area contributed by atoms with E-state index in [0.717, 1.165) is 6.08 Å². The summed E-state index contributed by atoms with van der Waals surface area (Å²) in [4.78, 5) is 12.3. The normalized spacial score (nSPS) is 25.1. The lowest BCUT2D eigenvalue weighted by atomic mass is 9.99. The molecule has 7 atom stereocenters. The summed E-state index contributed by atoms with van der Waals surface area (Å²) in [5.41, 5.74) is 0.370. The molecule has 0 unspecified atom stereocenters. The summed E-state index contributed by atoms with van der Waals surface area (Å²) in [6.45, 7) is 2.54. The minimum absolute atomic E-state index is 0.0219. The molecule has 1 heterocycles. The highest BCUT2D eigenvalue weighted by Gasteiger charge is 2.47. The quantitative estimate of drug-likeness (QED) is 0.0703. The lowest BCUT2D eigenvalue weighted by Gasteiger charge is -2.41. The zero-order valence-electron chi connectivity index (χ0n) is 19.1. The molecule has 194 valence electrons. The summed E-state index contributed by atoms with van der Waals surface area (Å²) < 4.78 is 16.1. The maximum atomic E-state index is 12.3. The highest BCUT2D eigenvalue weighted by atomic mass is 16.7. The van der Waals surface area contributed by atoms with Crippen LogP contribution < -0.4 is 0 Å². The zero-order valence-corrected chi connectivity index (χ0v) is 19.1. The van der Waals surface area contributed by atoms with Crippen LogP contribution in [0.5, 0.6) is 11.5 Å². The van der Waals surface area contributed by atoms with Crippen molar-refractivity contribution in [3.63, 3.8) is 0 Å². The van der Waals surface area contributed by atoms with Gasteiger partial charge in [0, 0.05) is 12.5 Å². The van der Waals surface area contributed by atoms with Crippen LogP contribution in [0.1, 0.15) is 12.0 Å². The first-order valence-corrected chi connectivity index (χ1v) is 10.8. The predicted molar refractivity (Wildman–Crippen MR) is 125 cm³/mol. The van der Waals surface area contributed by atoms with Crippen LogP contribution in [0.4, 0.5) is 0 Å². The van der Waals surface area contributed by atoms with Crippen LogP contribution in [0.25, 0.3) is 6.08 Å². The minimum atomic E-state index is -1.66. The Labute approximate surface area is 207 Å². The Hall–Kier alpha value is -3.39. The molecule has 1 aliphatic heterocycles. The van der Waals surface area contributed by atoms with Gasteiger partial charge in [-0.25, -0.2) is 4.79 Å². The second-order valence-electron chi connectivity index (χ2n) is 7.58. The van der Waals surface area contributed by atoms with Gasteiger partial charge in [0.05, 0.1) is 13.2 Å². The van der Waals surface area contributed by atoms with E-state index >= 15 is 0 Å². The number of rotatable bonds is 9. The van der Waals surface area contributed by atoms with Gasteiger partial charge in [0.2, 0.25) is 0 Å². The maximum Gasteiger partial charge on any atom is 0.331 e. The van der Waals surface area contributed by atoms with Gasteiger partial charge in [0.15, 0.2) is 23.9 Å². The topological polar surface area (TPSA) is 186 Å². The number of benzene rings is 1. The van der Waals surface area contributed by atoms with Crippen molar-refractivity contribution in [3.8, 4) is 35.2 Å². The summed E-state index contributed by atoms with van der Waals surface area (Å²) in [7, 11) is 0. The van der Waals surface area contributed by atoms with E-state index in [4.69, 9.17) is 14.2 Å². The molecular weight excluding hydrogens is 476 g/mol.